The van der Waals surface area contributed by atoms with E-state index < -0.39 is 5.97 Å². The topological polar surface area (TPSA) is 70.7 Å². The number of fused-ring (bicyclic) bond motifs is 1. The molecule has 3 heterocycles. The van der Waals surface area contributed by atoms with E-state index in [-0.39, 0.29) is 5.92 Å². The van der Waals surface area contributed by atoms with Crippen LogP contribution < -0.4 is 4.90 Å². The van der Waals surface area contributed by atoms with Gasteiger partial charge in [-0.1, -0.05) is 12.1 Å². The zero-order valence-electron chi connectivity index (χ0n) is 15.0. The van der Waals surface area contributed by atoms with E-state index in [1.165, 1.54) is 11.1 Å². The van der Waals surface area contributed by atoms with Crippen LogP contribution in [0.15, 0.2) is 36.7 Å². The summed E-state index contributed by atoms with van der Waals surface area (Å²) in [5.74, 6) is -0.264. The van der Waals surface area contributed by atoms with Gasteiger partial charge in [-0.15, -0.1) is 0 Å². The van der Waals surface area contributed by atoms with E-state index in [4.69, 9.17) is 5.10 Å². The lowest BCUT2D eigenvalue weighted by molar-refractivity contribution is -0.141. The van der Waals surface area contributed by atoms with Crippen molar-refractivity contribution in [3.8, 4) is 11.3 Å². The Hall–Kier alpha value is -2.89. The average molecular weight is 350 g/mol. The molecular formula is C20H22N4O2. The SMILES string of the molecule is Cc1ccc(-c2cc3c(N4CCCC(C(=O)O)C4)nccn3n2)cc1C. The Morgan fingerprint density at radius 3 is 2.85 bits per heavy atom. The minimum atomic E-state index is -0.731. The third-order valence-electron chi connectivity index (χ3n) is 5.24. The second kappa shape index (κ2) is 6.44. The minimum absolute atomic E-state index is 0.340. The zero-order chi connectivity index (χ0) is 18.3. The first-order chi connectivity index (χ1) is 12.5. The molecule has 2 aromatic heterocycles. The first kappa shape index (κ1) is 16.6. The van der Waals surface area contributed by atoms with Crippen molar-refractivity contribution in [3.05, 3.63) is 47.8 Å². The minimum Gasteiger partial charge on any atom is -0.481 e. The molecule has 134 valence electrons. The molecule has 1 unspecified atom stereocenters. The third-order valence-corrected chi connectivity index (χ3v) is 5.24. The summed E-state index contributed by atoms with van der Waals surface area (Å²) in [6.45, 7) is 5.51. The van der Waals surface area contributed by atoms with E-state index in [9.17, 15) is 9.90 Å². The lowest BCUT2D eigenvalue weighted by atomic mass is 9.98. The molecule has 1 aliphatic heterocycles. The summed E-state index contributed by atoms with van der Waals surface area (Å²) in [4.78, 5) is 18.0. The molecule has 1 fully saturated rings. The molecular weight excluding hydrogens is 328 g/mol. The predicted molar refractivity (Wildman–Crippen MR) is 100 cm³/mol. The summed E-state index contributed by atoms with van der Waals surface area (Å²) in [6, 6.07) is 8.37. The maximum absolute atomic E-state index is 11.4. The fraction of sp³-hybridized carbons (Fsp3) is 0.350. The first-order valence-electron chi connectivity index (χ1n) is 8.92. The van der Waals surface area contributed by atoms with E-state index in [1.54, 1.807) is 6.20 Å². The maximum atomic E-state index is 11.4. The highest BCUT2D eigenvalue weighted by Gasteiger charge is 2.27. The van der Waals surface area contributed by atoms with E-state index in [0.29, 0.717) is 6.54 Å². The monoisotopic (exact) mass is 350 g/mol. The van der Waals surface area contributed by atoms with Crippen molar-refractivity contribution in [1.82, 2.24) is 14.6 Å². The molecule has 1 atom stereocenters. The molecule has 6 heteroatoms. The summed E-state index contributed by atoms with van der Waals surface area (Å²) in [5, 5.41) is 14.0. The van der Waals surface area contributed by atoms with Crippen LogP contribution in [-0.2, 0) is 4.79 Å². The molecule has 1 aromatic carbocycles. The van der Waals surface area contributed by atoms with Gasteiger partial charge in [0, 0.05) is 31.0 Å². The van der Waals surface area contributed by atoms with Gasteiger partial charge in [0.15, 0.2) is 5.82 Å². The van der Waals surface area contributed by atoms with E-state index in [0.717, 1.165) is 42.0 Å². The lowest BCUT2D eigenvalue weighted by Gasteiger charge is -2.31. The summed E-state index contributed by atoms with van der Waals surface area (Å²) >= 11 is 0. The molecule has 0 saturated carbocycles. The van der Waals surface area contributed by atoms with Crippen molar-refractivity contribution in [2.24, 2.45) is 5.92 Å². The molecule has 0 bridgehead atoms. The largest absolute Gasteiger partial charge is 0.481 e. The van der Waals surface area contributed by atoms with Crippen molar-refractivity contribution in [2.45, 2.75) is 26.7 Å². The number of hydrogen-bond acceptors (Lipinski definition) is 4. The van der Waals surface area contributed by atoms with E-state index in [1.807, 2.05) is 16.8 Å². The fourth-order valence-corrected chi connectivity index (χ4v) is 3.56. The molecule has 0 spiro atoms. The Morgan fingerprint density at radius 1 is 1.23 bits per heavy atom. The van der Waals surface area contributed by atoms with Crippen LogP contribution in [0.25, 0.3) is 16.8 Å². The molecule has 26 heavy (non-hydrogen) atoms. The summed E-state index contributed by atoms with van der Waals surface area (Å²) in [7, 11) is 0. The summed E-state index contributed by atoms with van der Waals surface area (Å²) < 4.78 is 1.83. The number of benzene rings is 1. The van der Waals surface area contributed by atoms with Crippen LogP contribution in [-0.4, -0.2) is 38.8 Å². The Balaban J connectivity index is 1.74. The molecule has 3 aromatic rings. The second-order valence-corrected chi connectivity index (χ2v) is 7.03. The van der Waals surface area contributed by atoms with Crippen LogP contribution in [0.1, 0.15) is 24.0 Å². The number of aryl methyl sites for hydroxylation is 2. The molecule has 0 amide bonds. The standard InChI is InChI=1S/C20H22N4O2/c1-13-5-6-15(10-14(13)2)17-11-18-19(21-7-9-24(18)22-17)23-8-3-4-16(12-23)20(25)26/h5-7,9-11,16H,3-4,8,12H2,1-2H3,(H,25,26). The van der Waals surface area contributed by atoms with Crippen molar-refractivity contribution in [1.29, 1.82) is 0 Å². The first-order valence-corrected chi connectivity index (χ1v) is 8.92. The van der Waals surface area contributed by atoms with Gasteiger partial charge in [-0.05, 0) is 49.9 Å². The van der Waals surface area contributed by atoms with Gasteiger partial charge in [0.1, 0.15) is 5.52 Å². The van der Waals surface area contributed by atoms with Crippen molar-refractivity contribution >= 4 is 17.3 Å². The van der Waals surface area contributed by atoms with Gasteiger partial charge in [0.05, 0.1) is 11.6 Å². The Labute approximate surface area is 152 Å². The van der Waals surface area contributed by atoms with Crippen LogP contribution >= 0.6 is 0 Å². The van der Waals surface area contributed by atoms with Crippen LogP contribution in [0, 0.1) is 19.8 Å². The number of anilines is 1. The number of hydrogen-bond donors (Lipinski definition) is 1. The number of aliphatic carboxylic acids is 1. The molecule has 1 saturated heterocycles. The smallest absolute Gasteiger partial charge is 0.308 e. The van der Waals surface area contributed by atoms with Gasteiger partial charge in [0.2, 0.25) is 0 Å². The number of carboxylic acids is 1. The molecule has 4 rings (SSSR count). The van der Waals surface area contributed by atoms with Crippen molar-refractivity contribution in [3.63, 3.8) is 0 Å². The van der Waals surface area contributed by atoms with Crippen LogP contribution in [0.2, 0.25) is 0 Å². The molecule has 1 aliphatic rings. The predicted octanol–water partition coefficient (Wildman–Crippen LogP) is 3.31. The highest BCUT2D eigenvalue weighted by Crippen LogP contribution is 2.29. The number of carboxylic acid groups (broad SMARTS) is 1. The molecule has 6 nitrogen and oxygen atoms in total. The highest BCUT2D eigenvalue weighted by atomic mass is 16.4. The fourth-order valence-electron chi connectivity index (χ4n) is 3.56. The number of piperidine rings is 1. The summed E-state index contributed by atoms with van der Waals surface area (Å²) in [6.07, 6.45) is 5.14. The molecule has 0 aliphatic carbocycles. The van der Waals surface area contributed by atoms with Crippen LogP contribution in [0.4, 0.5) is 5.82 Å². The quantitative estimate of drug-likeness (QED) is 0.785. The normalized spacial score (nSPS) is 17.6. The maximum Gasteiger partial charge on any atom is 0.308 e. The third kappa shape index (κ3) is 2.92. The zero-order valence-corrected chi connectivity index (χ0v) is 15.0. The highest BCUT2D eigenvalue weighted by molar-refractivity contribution is 5.77. The van der Waals surface area contributed by atoms with Crippen LogP contribution in [0.3, 0.4) is 0 Å². The number of carbonyl (C=O) groups is 1. The van der Waals surface area contributed by atoms with E-state index in [2.05, 4.69) is 41.9 Å². The number of aromatic nitrogens is 3. The van der Waals surface area contributed by atoms with Gasteiger partial charge in [-0.2, -0.15) is 5.10 Å². The number of rotatable bonds is 3. The Bertz CT molecular complexity index is 979. The van der Waals surface area contributed by atoms with Gasteiger partial charge in [-0.3, -0.25) is 4.79 Å². The van der Waals surface area contributed by atoms with E-state index >= 15 is 0 Å². The average Bonchev–Trinajstić information content (AvgIpc) is 3.08. The second-order valence-electron chi connectivity index (χ2n) is 7.03. The number of nitrogens with zero attached hydrogens (tertiary/aromatic N) is 4. The van der Waals surface area contributed by atoms with Crippen molar-refractivity contribution in [2.75, 3.05) is 18.0 Å². The van der Waals surface area contributed by atoms with Gasteiger partial charge < -0.3 is 10.0 Å². The Morgan fingerprint density at radius 2 is 2.08 bits per heavy atom. The molecule has 0 radical (unpaired) electrons. The van der Waals surface area contributed by atoms with Crippen molar-refractivity contribution < 1.29 is 9.90 Å². The van der Waals surface area contributed by atoms with Gasteiger partial charge >= 0.3 is 5.97 Å². The Kier molecular flexibility index (Phi) is 4.11. The van der Waals surface area contributed by atoms with Gasteiger partial charge in [-0.25, -0.2) is 9.50 Å². The lowest BCUT2D eigenvalue weighted by Crippen LogP contribution is -2.39. The summed E-state index contributed by atoms with van der Waals surface area (Å²) in [5.41, 5.74) is 5.37. The van der Waals surface area contributed by atoms with Crippen LogP contribution in [0.5, 0.6) is 0 Å². The molecule has 1 N–H and O–H groups in total. The van der Waals surface area contributed by atoms with Gasteiger partial charge in [0.25, 0.3) is 0 Å².